The lowest BCUT2D eigenvalue weighted by Gasteiger charge is -2.18. The molecule has 0 spiro atoms. The van der Waals surface area contributed by atoms with Gasteiger partial charge in [0.25, 0.3) is 5.91 Å². The molecule has 0 aliphatic carbocycles. The second-order valence-corrected chi connectivity index (χ2v) is 8.00. The molecule has 0 aliphatic rings. The van der Waals surface area contributed by atoms with Gasteiger partial charge in [0.15, 0.2) is 5.69 Å². The fourth-order valence-electron chi connectivity index (χ4n) is 3.00. The Morgan fingerprint density at radius 1 is 1.23 bits per heavy atom. The minimum Gasteiger partial charge on any atom is -0.439 e. The van der Waals surface area contributed by atoms with Crippen molar-refractivity contribution in [3.63, 3.8) is 0 Å². The lowest BCUT2D eigenvalue weighted by molar-refractivity contribution is -0.0919. The van der Waals surface area contributed by atoms with Gasteiger partial charge < -0.3 is 10.1 Å². The van der Waals surface area contributed by atoms with Gasteiger partial charge >= 0.3 is 6.18 Å². The zero-order chi connectivity index (χ0) is 26.8. The van der Waals surface area contributed by atoms with E-state index < -0.39 is 23.4 Å². The molecule has 1 aromatic heterocycles. The van der Waals surface area contributed by atoms with Crippen molar-refractivity contribution in [3.05, 3.63) is 83.3 Å². The molecule has 0 aromatic carbocycles. The zero-order valence-electron chi connectivity index (χ0n) is 21.4. The van der Waals surface area contributed by atoms with Gasteiger partial charge in [-0.2, -0.15) is 18.3 Å². The van der Waals surface area contributed by atoms with Crippen molar-refractivity contribution in [2.24, 2.45) is 0 Å². The van der Waals surface area contributed by atoms with E-state index in [0.717, 1.165) is 18.1 Å². The third-order valence-corrected chi connectivity index (χ3v) is 5.38. The number of ether oxygens (including phenoxy) is 1. The van der Waals surface area contributed by atoms with Gasteiger partial charge in [-0.15, -0.1) is 0 Å². The summed E-state index contributed by atoms with van der Waals surface area (Å²) in [5.41, 5.74) is 1.20. The molecular formula is C27H36F3N3O2. The van der Waals surface area contributed by atoms with E-state index in [9.17, 15) is 18.0 Å². The molecule has 1 heterocycles. The monoisotopic (exact) mass is 491 g/mol. The summed E-state index contributed by atoms with van der Waals surface area (Å²) in [5, 5.41) is 7.12. The molecule has 5 nitrogen and oxygen atoms in total. The Balaban J connectivity index is 3.22. The molecule has 0 aliphatic heterocycles. The van der Waals surface area contributed by atoms with Crippen molar-refractivity contribution in [2.45, 2.75) is 66.6 Å². The number of halogens is 3. The quantitative estimate of drug-likeness (QED) is 0.246. The van der Waals surface area contributed by atoms with Gasteiger partial charge in [0.05, 0.1) is 11.6 Å². The summed E-state index contributed by atoms with van der Waals surface area (Å²) in [7, 11) is 0. The van der Waals surface area contributed by atoms with Crippen LogP contribution in [-0.4, -0.2) is 28.4 Å². The van der Waals surface area contributed by atoms with E-state index in [1.165, 1.54) is 16.8 Å². The lowest BCUT2D eigenvalue weighted by atomic mass is 10.1. The van der Waals surface area contributed by atoms with Crippen molar-refractivity contribution >= 4 is 5.91 Å². The summed E-state index contributed by atoms with van der Waals surface area (Å²) in [6.45, 7) is 18.6. The number of nitrogens with one attached hydrogen (secondary N) is 1. The first-order chi connectivity index (χ1) is 16.4. The highest BCUT2D eigenvalue weighted by molar-refractivity contribution is 5.94. The number of hydrogen-bond acceptors (Lipinski definition) is 3. The summed E-state index contributed by atoms with van der Waals surface area (Å²) >= 11 is 0. The molecule has 1 aromatic rings. The van der Waals surface area contributed by atoms with Gasteiger partial charge in [-0.3, -0.25) is 4.79 Å². The third-order valence-electron chi connectivity index (χ3n) is 5.38. The number of carbonyl (C=O) groups is 1. The van der Waals surface area contributed by atoms with Gasteiger partial charge in [-0.25, -0.2) is 4.68 Å². The van der Waals surface area contributed by atoms with Crippen molar-refractivity contribution < 1.29 is 22.7 Å². The Hall–Kier alpha value is -3.29. The Labute approximate surface area is 206 Å². The summed E-state index contributed by atoms with van der Waals surface area (Å²) in [4.78, 5) is 12.9. The Kier molecular flexibility index (Phi) is 11.5. The van der Waals surface area contributed by atoms with E-state index in [1.54, 1.807) is 13.8 Å². The molecule has 1 rings (SSSR count). The standard InChI is InChI=1S/C27H36F3N3O2/c1-9-13-14-23(27(28,29)30)21(8)35-26-20(7)24(32-33(26)19(6)10-2)25(34)31-17-18(5)15-16-22(11-3)12-4/h9,11,13-16,19H,5,8,10,12,17H2,1-4,6-7H3,(H,31,34)/b13-9-,16-15-,22-11-,23-14+. The van der Waals surface area contributed by atoms with Crippen LogP contribution in [0.4, 0.5) is 13.2 Å². The number of aromatic nitrogens is 2. The maximum Gasteiger partial charge on any atom is 0.419 e. The fraction of sp³-hybridized carbons (Fsp3) is 0.407. The molecule has 8 heteroatoms. The summed E-state index contributed by atoms with van der Waals surface area (Å²) < 4.78 is 47.7. The molecule has 192 valence electrons. The van der Waals surface area contributed by atoms with E-state index in [1.807, 2.05) is 45.9 Å². The van der Waals surface area contributed by atoms with Gasteiger partial charge in [-0.1, -0.05) is 63.0 Å². The van der Waals surface area contributed by atoms with E-state index in [-0.39, 0.29) is 24.2 Å². The summed E-state index contributed by atoms with van der Waals surface area (Å²) in [5.74, 6) is -1.01. The van der Waals surface area contributed by atoms with E-state index in [4.69, 9.17) is 4.74 Å². The van der Waals surface area contributed by atoms with Crippen LogP contribution in [0.1, 0.15) is 69.6 Å². The normalized spacial score (nSPS) is 14.0. The van der Waals surface area contributed by atoms with Crippen LogP contribution in [0.25, 0.3) is 0 Å². The average Bonchev–Trinajstić information content (AvgIpc) is 3.13. The number of amides is 1. The SMILES string of the molecule is C=C(/C=C\C(=C/C)CC)CNC(=O)c1nn(C(C)CC)c(OC(=C)/C(=C\C=C/C)C(F)(F)F)c1C. The Morgan fingerprint density at radius 2 is 1.89 bits per heavy atom. The maximum absolute atomic E-state index is 13.5. The van der Waals surface area contributed by atoms with Crippen molar-refractivity contribution in [1.29, 1.82) is 0 Å². The first-order valence-corrected chi connectivity index (χ1v) is 11.6. The summed E-state index contributed by atoms with van der Waals surface area (Å²) in [6.07, 6.45) is 6.24. The van der Waals surface area contributed by atoms with Gasteiger partial charge in [-0.05, 0) is 52.2 Å². The van der Waals surface area contributed by atoms with Crippen molar-refractivity contribution in [2.75, 3.05) is 6.54 Å². The van der Waals surface area contributed by atoms with E-state index >= 15 is 0 Å². The minimum atomic E-state index is -4.66. The van der Waals surface area contributed by atoms with Gasteiger partial charge in [0, 0.05) is 12.1 Å². The second-order valence-electron chi connectivity index (χ2n) is 8.00. The zero-order valence-corrected chi connectivity index (χ0v) is 21.4. The molecule has 1 N–H and O–H groups in total. The molecule has 1 unspecified atom stereocenters. The van der Waals surface area contributed by atoms with Crippen molar-refractivity contribution in [1.82, 2.24) is 15.1 Å². The topological polar surface area (TPSA) is 56.2 Å². The largest absolute Gasteiger partial charge is 0.439 e. The second kappa shape index (κ2) is 13.6. The van der Waals surface area contributed by atoms with Crippen LogP contribution < -0.4 is 10.1 Å². The van der Waals surface area contributed by atoms with Gasteiger partial charge in [0.1, 0.15) is 5.76 Å². The highest BCUT2D eigenvalue weighted by atomic mass is 19.4. The first-order valence-electron chi connectivity index (χ1n) is 11.6. The first kappa shape index (κ1) is 29.7. The predicted molar refractivity (Wildman–Crippen MR) is 135 cm³/mol. The van der Waals surface area contributed by atoms with Gasteiger partial charge in [0.2, 0.25) is 5.88 Å². The molecule has 1 amide bonds. The molecular weight excluding hydrogens is 455 g/mol. The van der Waals surface area contributed by atoms with Crippen LogP contribution >= 0.6 is 0 Å². The van der Waals surface area contributed by atoms with Crippen LogP contribution in [0.3, 0.4) is 0 Å². The van der Waals surface area contributed by atoms with E-state index in [2.05, 4.69) is 23.6 Å². The highest BCUT2D eigenvalue weighted by Gasteiger charge is 2.37. The summed E-state index contributed by atoms with van der Waals surface area (Å²) in [6, 6.07) is -0.224. The number of carbonyl (C=O) groups excluding carboxylic acids is 1. The molecule has 1 atom stereocenters. The van der Waals surface area contributed by atoms with Crippen molar-refractivity contribution in [3.8, 4) is 5.88 Å². The smallest absolute Gasteiger partial charge is 0.419 e. The maximum atomic E-state index is 13.5. The fourth-order valence-corrected chi connectivity index (χ4v) is 3.00. The molecule has 0 saturated heterocycles. The van der Waals surface area contributed by atoms with Crippen LogP contribution in [-0.2, 0) is 0 Å². The Morgan fingerprint density at radius 3 is 2.40 bits per heavy atom. The van der Waals surface area contributed by atoms with Crippen LogP contribution in [0.2, 0.25) is 0 Å². The average molecular weight is 492 g/mol. The number of hydrogen-bond donors (Lipinski definition) is 1. The third kappa shape index (κ3) is 8.46. The highest BCUT2D eigenvalue weighted by Crippen LogP contribution is 2.34. The van der Waals surface area contributed by atoms with Crippen LogP contribution in [0.5, 0.6) is 5.88 Å². The van der Waals surface area contributed by atoms with Crippen LogP contribution in [0, 0.1) is 6.92 Å². The minimum absolute atomic E-state index is 0.0459. The molecule has 0 saturated carbocycles. The Bertz CT molecular complexity index is 1040. The number of allylic oxidation sites excluding steroid dienone is 7. The molecule has 35 heavy (non-hydrogen) atoms. The lowest BCUT2D eigenvalue weighted by Crippen LogP contribution is -2.26. The predicted octanol–water partition coefficient (Wildman–Crippen LogP) is 7.32. The van der Waals surface area contributed by atoms with Crippen LogP contribution in [0.15, 0.2) is 72.1 Å². The van der Waals surface area contributed by atoms with E-state index in [0.29, 0.717) is 17.6 Å². The molecule has 0 fully saturated rings. The number of nitrogens with zero attached hydrogens (tertiary/aromatic N) is 2. The number of alkyl halides is 3. The number of rotatable bonds is 12. The molecule has 0 radical (unpaired) electrons. The molecule has 0 bridgehead atoms.